The highest BCUT2D eigenvalue weighted by molar-refractivity contribution is 5.73. The van der Waals surface area contributed by atoms with E-state index < -0.39 is 5.60 Å². The van der Waals surface area contributed by atoms with Crippen LogP contribution in [0.1, 0.15) is 50.3 Å². The third-order valence-corrected chi connectivity index (χ3v) is 7.14. The van der Waals surface area contributed by atoms with E-state index in [1.54, 1.807) is 22.6 Å². The van der Waals surface area contributed by atoms with E-state index in [0.717, 1.165) is 95.5 Å². The maximum absolute atomic E-state index is 12.4. The van der Waals surface area contributed by atoms with Crippen molar-refractivity contribution in [2.75, 3.05) is 52.4 Å². The molecule has 8 heteroatoms. The Balaban J connectivity index is 1.26. The highest BCUT2D eigenvalue weighted by Gasteiger charge is 2.35. The Labute approximate surface area is 184 Å². The number of carbonyl (C=O) groups excluding carboxylic acids is 1. The molecule has 8 nitrogen and oxygen atoms in total. The van der Waals surface area contributed by atoms with Crippen molar-refractivity contribution in [3.8, 4) is 0 Å². The maximum Gasteiger partial charge on any atom is 0.267 e. The fourth-order valence-electron chi connectivity index (χ4n) is 5.25. The summed E-state index contributed by atoms with van der Waals surface area (Å²) >= 11 is 0. The first-order valence-corrected chi connectivity index (χ1v) is 11.9. The van der Waals surface area contributed by atoms with Crippen LogP contribution in [0.25, 0.3) is 0 Å². The van der Waals surface area contributed by atoms with Gasteiger partial charge < -0.3 is 10.0 Å². The molecule has 1 N–H and O–H groups in total. The van der Waals surface area contributed by atoms with Crippen LogP contribution in [0.15, 0.2) is 10.9 Å². The zero-order valence-corrected chi connectivity index (χ0v) is 18.9. The van der Waals surface area contributed by atoms with Crippen LogP contribution in [0.3, 0.4) is 0 Å². The lowest BCUT2D eigenvalue weighted by atomic mass is 9.96. The Hall–Kier alpha value is -1.77. The zero-order chi connectivity index (χ0) is 21.8. The molecule has 1 unspecified atom stereocenters. The second-order valence-corrected chi connectivity index (χ2v) is 9.62. The molecule has 0 spiro atoms. The van der Waals surface area contributed by atoms with Gasteiger partial charge in [0.25, 0.3) is 5.56 Å². The molecule has 0 saturated carbocycles. The van der Waals surface area contributed by atoms with Crippen molar-refractivity contribution in [2.24, 2.45) is 0 Å². The third kappa shape index (κ3) is 5.73. The normalized spacial score (nSPS) is 25.8. The quantitative estimate of drug-likeness (QED) is 0.731. The summed E-state index contributed by atoms with van der Waals surface area (Å²) in [6, 6.07) is 1.79. The van der Waals surface area contributed by atoms with Gasteiger partial charge in [-0.1, -0.05) is 0 Å². The van der Waals surface area contributed by atoms with E-state index in [1.165, 1.54) is 0 Å². The van der Waals surface area contributed by atoms with Crippen LogP contribution in [-0.4, -0.2) is 93.5 Å². The summed E-state index contributed by atoms with van der Waals surface area (Å²) in [5.41, 5.74) is 1.45. The van der Waals surface area contributed by atoms with Crippen LogP contribution in [-0.2, 0) is 24.2 Å². The highest BCUT2D eigenvalue weighted by atomic mass is 16.3. The van der Waals surface area contributed by atoms with E-state index in [4.69, 9.17) is 0 Å². The predicted molar refractivity (Wildman–Crippen MR) is 119 cm³/mol. The van der Waals surface area contributed by atoms with E-state index in [2.05, 4.69) is 14.9 Å². The van der Waals surface area contributed by atoms with Gasteiger partial charge in [-0.25, -0.2) is 4.68 Å². The molecule has 172 valence electrons. The Kier molecular flexibility index (Phi) is 7.08. The maximum atomic E-state index is 12.4. The van der Waals surface area contributed by atoms with Gasteiger partial charge in [-0.2, -0.15) is 5.10 Å². The van der Waals surface area contributed by atoms with Gasteiger partial charge >= 0.3 is 0 Å². The van der Waals surface area contributed by atoms with Crippen LogP contribution in [0.2, 0.25) is 0 Å². The number of rotatable bonds is 5. The van der Waals surface area contributed by atoms with Gasteiger partial charge in [0.15, 0.2) is 0 Å². The molecule has 1 atom stereocenters. The molecule has 1 aromatic heterocycles. The number of β-amino-alcohol motifs (C(OH)–C–C–N with tert-alkyl or cyclic N) is 1. The number of carbonyl (C=O) groups is 1. The fourth-order valence-corrected chi connectivity index (χ4v) is 5.25. The molecular formula is C23H37N5O3. The number of aryl methyl sites for hydroxylation is 2. The van der Waals surface area contributed by atoms with Crippen molar-refractivity contribution < 1.29 is 9.90 Å². The SMILES string of the molecule is CC(=O)N1CCCCC(O)(CN2CCN(CCn3nc4c(cc3=O)CCCC4)CC2)C1. The number of nitrogens with zero attached hydrogens (tertiary/aromatic N) is 5. The van der Waals surface area contributed by atoms with Crippen molar-refractivity contribution in [2.45, 2.75) is 64.0 Å². The minimum Gasteiger partial charge on any atom is -0.387 e. The van der Waals surface area contributed by atoms with E-state index >= 15 is 0 Å². The van der Waals surface area contributed by atoms with Gasteiger partial charge in [0.1, 0.15) is 0 Å². The van der Waals surface area contributed by atoms with E-state index in [0.29, 0.717) is 19.6 Å². The molecule has 1 amide bonds. The lowest BCUT2D eigenvalue weighted by Crippen LogP contribution is -2.55. The smallest absolute Gasteiger partial charge is 0.267 e. The molecular weight excluding hydrogens is 394 g/mol. The monoisotopic (exact) mass is 431 g/mol. The average molecular weight is 432 g/mol. The van der Waals surface area contributed by atoms with Crippen molar-refractivity contribution in [3.63, 3.8) is 0 Å². The number of aliphatic hydroxyl groups is 1. The highest BCUT2D eigenvalue weighted by Crippen LogP contribution is 2.23. The first-order chi connectivity index (χ1) is 14.9. The minimum atomic E-state index is -0.815. The van der Waals surface area contributed by atoms with Gasteiger partial charge in [0.2, 0.25) is 5.91 Å². The molecule has 31 heavy (non-hydrogen) atoms. The molecule has 2 aliphatic heterocycles. The fraction of sp³-hybridized carbons (Fsp3) is 0.783. The van der Waals surface area contributed by atoms with Crippen molar-refractivity contribution in [3.05, 3.63) is 27.7 Å². The van der Waals surface area contributed by atoms with Gasteiger partial charge in [-0.15, -0.1) is 0 Å². The van der Waals surface area contributed by atoms with Gasteiger partial charge in [-0.05, 0) is 50.5 Å². The summed E-state index contributed by atoms with van der Waals surface area (Å²) < 4.78 is 1.64. The molecule has 2 saturated heterocycles. The average Bonchev–Trinajstić information content (AvgIpc) is 2.95. The second kappa shape index (κ2) is 9.79. The first kappa shape index (κ1) is 22.4. The number of fused-ring (bicyclic) bond motifs is 1. The number of likely N-dealkylation sites (tertiary alicyclic amines) is 1. The molecule has 0 radical (unpaired) electrons. The Morgan fingerprint density at radius 1 is 1.03 bits per heavy atom. The minimum absolute atomic E-state index is 0.0184. The van der Waals surface area contributed by atoms with E-state index in [1.807, 2.05) is 0 Å². The molecule has 0 bridgehead atoms. The summed E-state index contributed by atoms with van der Waals surface area (Å²) in [5.74, 6) is 0.0520. The van der Waals surface area contributed by atoms with E-state index in [-0.39, 0.29) is 11.5 Å². The number of piperazine rings is 1. The molecule has 1 aromatic rings. The molecule has 0 aromatic carbocycles. The largest absolute Gasteiger partial charge is 0.387 e. The summed E-state index contributed by atoms with van der Waals surface area (Å²) in [6.07, 6.45) is 6.97. The molecule has 3 aliphatic rings. The molecule has 3 heterocycles. The van der Waals surface area contributed by atoms with Crippen LogP contribution >= 0.6 is 0 Å². The number of amides is 1. The Morgan fingerprint density at radius 2 is 1.77 bits per heavy atom. The van der Waals surface area contributed by atoms with Crippen molar-refractivity contribution >= 4 is 5.91 Å². The predicted octanol–water partition coefficient (Wildman–Crippen LogP) is 0.503. The van der Waals surface area contributed by atoms with E-state index in [9.17, 15) is 14.7 Å². The topological polar surface area (TPSA) is 81.9 Å². The zero-order valence-electron chi connectivity index (χ0n) is 18.9. The third-order valence-electron chi connectivity index (χ3n) is 7.14. The summed E-state index contributed by atoms with van der Waals surface area (Å²) in [4.78, 5) is 30.7. The number of hydrogen-bond acceptors (Lipinski definition) is 6. The number of hydrogen-bond donors (Lipinski definition) is 1. The standard InChI is InChI=1S/C23H37N5O3/c1-19(29)27-9-5-4-8-23(31,18-27)17-26-12-10-25(11-13-26)14-15-28-22(30)16-20-6-2-3-7-21(20)24-28/h16,31H,2-15,17-18H2,1H3. The lowest BCUT2D eigenvalue weighted by Gasteiger charge is -2.40. The molecule has 4 rings (SSSR count). The number of aromatic nitrogens is 2. The van der Waals surface area contributed by atoms with Crippen molar-refractivity contribution in [1.82, 2.24) is 24.5 Å². The summed E-state index contributed by atoms with van der Waals surface area (Å²) in [5, 5.41) is 15.8. The van der Waals surface area contributed by atoms with Crippen LogP contribution in [0.4, 0.5) is 0 Å². The van der Waals surface area contributed by atoms with Gasteiger partial charge in [-0.3, -0.25) is 19.4 Å². The van der Waals surface area contributed by atoms with Gasteiger partial charge in [0.05, 0.1) is 24.4 Å². The second-order valence-electron chi connectivity index (χ2n) is 9.62. The summed E-state index contributed by atoms with van der Waals surface area (Å²) in [6.45, 7) is 8.49. The Morgan fingerprint density at radius 3 is 2.55 bits per heavy atom. The van der Waals surface area contributed by atoms with Gasteiger partial charge in [0, 0.05) is 58.8 Å². The van der Waals surface area contributed by atoms with Crippen molar-refractivity contribution in [1.29, 1.82) is 0 Å². The first-order valence-electron chi connectivity index (χ1n) is 11.9. The van der Waals surface area contributed by atoms with Crippen LogP contribution in [0, 0.1) is 0 Å². The molecule has 1 aliphatic carbocycles. The van der Waals surface area contributed by atoms with Crippen LogP contribution < -0.4 is 5.56 Å². The Bertz CT molecular complexity index is 833. The van der Waals surface area contributed by atoms with Crippen LogP contribution in [0.5, 0.6) is 0 Å². The molecule has 2 fully saturated rings. The summed E-state index contributed by atoms with van der Waals surface area (Å²) in [7, 11) is 0. The lowest BCUT2D eigenvalue weighted by molar-refractivity contribution is -0.132.